The van der Waals surface area contributed by atoms with Gasteiger partial charge in [-0.2, -0.15) is 5.26 Å². The molecule has 0 aliphatic heterocycles. The third-order valence-corrected chi connectivity index (χ3v) is 3.20. The summed E-state index contributed by atoms with van der Waals surface area (Å²) in [4.78, 5) is 11.4. The fourth-order valence-electron chi connectivity index (χ4n) is 1.44. The standard InChI is InChI=1S/C15H19IN2O3/c1-15(2,3)21-14(19)18-7-4-8-20-13-9-11(10-17)5-6-12(13)16/h5-6,9H,4,7-8H2,1-3H3,(H,18,19). The fraction of sp³-hybridized carbons (Fsp3) is 0.467. The van der Waals surface area contributed by atoms with Crippen LogP contribution in [0.15, 0.2) is 18.2 Å². The maximum Gasteiger partial charge on any atom is 0.407 e. The number of benzene rings is 1. The smallest absolute Gasteiger partial charge is 0.407 e. The second-order valence-corrected chi connectivity index (χ2v) is 6.55. The average Bonchev–Trinajstić information content (AvgIpc) is 2.38. The molecule has 1 aromatic rings. The van der Waals surface area contributed by atoms with E-state index in [2.05, 4.69) is 34.0 Å². The normalized spacial score (nSPS) is 10.6. The number of carbonyl (C=O) groups excluding carboxylic acids is 1. The molecule has 1 amide bonds. The van der Waals surface area contributed by atoms with Gasteiger partial charge < -0.3 is 14.8 Å². The Hall–Kier alpha value is -1.49. The molecule has 1 rings (SSSR count). The monoisotopic (exact) mass is 402 g/mol. The minimum atomic E-state index is -0.492. The predicted octanol–water partition coefficient (Wildman–Crippen LogP) is 3.46. The van der Waals surface area contributed by atoms with E-state index in [4.69, 9.17) is 14.7 Å². The molecule has 0 radical (unpaired) electrons. The first kappa shape index (κ1) is 17.6. The van der Waals surface area contributed by atoms with Gasteiger partial charge in [0.05, 0.1) is 21.8 Å². The van der Waals surface area contributed by atoms with Crippen molar-refractivity contribution in [1.82, 2.24) is 5.32 Å². The van der Waals surface area contributed by atoms with Crippen LogP contribution in [0.5, 0.6) is 5.75 Å². The molecule has 5 nitrogen and oxygen atoms in total. The van der Waals surface area contributed by atoms with Crippen molar-refractivity contribution in [2.45, 2.75) is 32.8 Å². The highest BCUT2D eigenvalue weighted by molar-refractivity contribution is 14.1. The molecule has 0 aromatic heterocycles. The summed E-state index contributed by atoms with van der Waals surface area (Å²) >= 11 is 2.16. The second kappa shape index (κ2) is 8.08. The SMILES string of the molecule is CC(C)(C)OC(=O)NCCCOc1cc(C#N)ccc1I. The van der Waals surface area contributed by atoms with Crippen molar-refractivity contribution < 1.29 is 14.3 Å². The topological polar surface area (TPSA) is 71.3 Å². The molecule has 114 valence electrons. The highest BCUT2D eigenvalue weighted by Crippen LogP contribution is 2.22. The molecular weight excluding hydrogens is 383 g/mol. The van der Waals surface area contributed by atoms with E-state index >= 15 is 0 Å². The number of hydrogen-bond donors (Lipinski definition) is 1. The predicted molar refractivity (Wildman–Crippen MR) is 88.2 cm³/mol. The maximum atomic E-state index is 11.4. The summed E-state index contributed by atoms with van der Waals surface area (Å²) in [6.45, 7) is 6.39. The number of nitrogens with zero attached hydrogens (tertiary/aromatic N) is 1. The summed E-state index contributed by atoms with van der Waals surface area (Å²) in [6, 6.07) is 7.38. The Morgan fingerprint density at radius 3 is 2.76 bits per heavy atom. The van der Waals surface area contributed by atoms with Crippen LogP contribution in [-0.2, 0) is 4.74 Å². The van der Waals surface area contributed by atoms with Crippen molar-refractivity contribution in [3.8, 4) is 11.8 Å². The summed E-state index contributed by atoms with van der Waals surface area (Å²) in [5, 5.41) is 11.5. The third kappa shape index (κ3) is 7.18. The Balaban J connectivity index is 2.29. The largest absolute Gasteiger partial charge is 0.492 e. The van der Waals surface area contributed by atoms with Crippen LogP contribution in [0.25, 0.3) is 0 Å². The van der Waals surface area contributed by atoms with Crippen LogP contribution < -0.4 is 10.1 Å². The number of amides is 1. The highest BCUT2D eigenvalue weighted by Gasteiger charge is 2.15. The van der Waals surface area contributed by atoms with Crippen LogP contribution in [0.3, 0.4) is 0 Å². The molecule has 0 saturated carbocycles. The number of ether oxygens (including phenoxy) is 2. The van der Waals surface area contributed by atoms with Gasteiger partial charge >= 0.3 is 6.09 Å². The van der Waals surface area contributed by atoms with Crippen LogP contribution in [0, 0.1) is 14.9 Å². The second-order valence-electron chi connectivity index (χ2n) is 5.39. The molecule has 0 bridgehead atoms. The lowest BCUT2D eigenvalue weighted by Crippen LogP contribution is -2.33. The summed E-state index contributed by atoms with van der Waals surface area (Å²) in [6.07, 6.45) is 0.232. The van der Waals surface area contributed by atoms with Gasteiger partial charge in [0, 0.05) is 6.54 Å². The number of halogens is 1. The van der Waals surface area contributed by atoms with E-state index in [1.807, 2.05) is 26.8 Å². The number of hydrogen-bond acceptors (Lipinski definition) is 4. The van der Waals surface area contributed by atoms with E-state index in [1.165, 1.54) is 0 Å². The molecule has 0 aliphatic carbocycles. The van der Waals surface area contributed by atoms with Gasteiger partial charge in [-0.1, -0.05) is 0 Å². The Kier molecular flexibility index (Phi) is 6.75. The van der Waals surface area contributed by atoms with Crippen molar-refractivity contribution in [3.05, 3.63) is 27.3 Å². The fourth-order valence-corrected chi connectivity index (χ4v) is 1.93. The first-order chi connectivity index (χ1) is 9.81. The Bertz CT molecular complexity index is 533. The van der Waals surface area contributed by atoms with Gasteiger partial charge in [-0.3, -0.25) is 0 Å². The van der Waals surface area contributed by atoms with Crippen LogP contribution in [-0.4, -0.2) is 24.8 Å². The molecule has 6 heteroatoms. The van der Waals surface area contributed by atoms with Crippen LogP contribution in [0.2, 0.25) is 0 Å². The van der Waals surface area contributed by atoms with Gasteiger partial charge in [0.1, 0.15) is 11.4 Å². The molecule has 1 N–H and O–H groups in total. The van der Waals surface area contributed by atoms with E-state index in [1.54, 1.807) is 12.1 Å². The highest BCUT2D eigenvalue weighted by atomic mass is 127. The molecule has 0 aliphatic rings. The summed E-state index contributed by atoms with van der Waals surface area (Å²) in [7, 11) is 0. The minimum absolute atomic E-state index is 0.427. The van der Waals surface area contributed by atoms with Gasteiger partial charge in [-0.25, -0.2) is 4.79 Å². The molecule has 0 atom stereocenters. The lowest BCUT2D eigenvalue weighted by molar-refractivity contribution is 0.0525. The zero-order valence-corrected chi connectivity index (χ0v) is 14.6. The summed E-state index contributed by atoms with van der Waals surface area (Å²) < 4.78 is 11.7. The van der Waals surface area contributed by atoms with Crippen molar-refractivity contribution in [3.63, 3.8) is 0 Å². The molecule has 0 saturated heterocycles. The molecule has 21 heavy (non-hydrogen) atoms. The van der Waals surface area contributed by atoms with E-state index in [0.717, 1.165) is 3.57 Å². The lowest BCUT2D eigenvalue weighted by Gasteiger charge is -2.19. The van der Waals surface area contributed by atoms with Crippen LogP contribution >= 0.6 is 22.6 Å². The van der Waals surface area contributed by atoms with Crippen molar-refractivity contribution >= 4 is 28.7 Å². The molecule has 1 aromatic carbocycles. The van der Waals surface area contributed by atoms with Crippen LogP contribution in [0.1, 0.15) is 32.8 Å². The zero-order chi connectivity index (χ0) is 15.9. The van der Waals surface area contributed by atoms with Gasteiger partial charge in [0.15, 0.2) is 0 Å². The Labute approximate surface area is 138 Å². The number of carbonyl (C=O) groups is 1. The quantitative estimate of drug-likeness (QED) is 0.605. The van der Waals surface area contributed by atoms with E-state index in [-0.39, 0.29) is 0 Å². The molecular formula is C15H19IN2O3. The van der Waals surface area contributed by atoms with E-state index in [0.29, 0.717) is 30.9 Å². The van der Waals surface area contributed by atoms with E-state index < -0.39 is 11.7 Å². The zero-order valence-electron chi connectivity index (χ0n) is 12.4. The van der Waals surface area contributed by atoms with Crippen molar-refractivity contribution in [2.24, 2.45) is 0 Å². The number of alkyl carbamates (subject to hydrolysis) is 1. The first-order valence-corrected chi connectivity index (χ1v) is 7.69. The van der Waals surface area contributed by atoms with Gasteiger partial charge in [-0.05, 0) is 68.0 Å². The lowest BCUT2D eigenvalue weighted by atomic mass is 10.2. The summed E-state index contributed by atoms with van der Waals surface area (Å²) in [5.74, 6) is 0.687. The molecule has 0 unspecified atom stereocenters. The van der Waals surface area contributed by atoms with Gasteiger partial charge in [0.2, 0.25) is 0 Å². The molecule has 0 fully saturated rings. The molecule has 0 spiro atoms. The average molecular weight is 402 g/mol. The number of nitriles is 1. The molecule has 0 heterocycles. The Morgan fingerprint density at radius 2 is 2.14 bits per heavy atom. The number of rotatable bonds is 5. The first-order valence-electron chi connectivity index (χ1n) is 6.61. The minimum Gasteiger partial charge on any atom is -0.492 e. The maximum absolute atomic E-state index is 11.4. The van der Waals surface area contributed by atoms with E-state index in [9.17, 15) is 4.79 Å². The van der Waals surface area contributed by atoms with Crippen molar-refractivity contribution in [1.29, 1.82) is 5.26 Å². The third-order valence-electron chi connectivity index (χ3n) is 2.31. The van der Waals surface area contributed by atoms with Crippen molar-refractivity contribution in [2.75, 3.05) is 13.2 Å². The van der Waals surface area contributed by atoms with Gasteiger partial charge in [-0.15, -0.1) is 0 Å². The summed E-state index contributed by atoms with van der Waals surface area (Å²) in [5.41, 5.74) is 0.0753. The Morgan fingerprint density at radius 1 is 1.43 bits per heavy atom. The van der Waals surface area contributed by atoms with Gasteiger partial charge in [0.25, 0.3) is 0 Å². The number of nitrogens with one attached hydrogen (secondary N) is 1. The van der Waals surface area contributed by atoms with Crippen LogP contribution in [0.4, 0.5) is 4.79 Å².